The zero-order valence-corrected chi connectivity index (χ0v) is 13.1. The third-order valence-electron chi connectivity index (χ3n) is 2.90. The molecule has 7 heteroatoms. The number of hydrogen-bond acceptors (Lipinski definition) is 6. The lowest BCUT2D eigenvalue weighted by atomic mass is 10.1. The van der Waals surface area contributed by atoms with Crippen molar-refractivity contribution in [2.75, 3.05) is 5.75 Å². The highest BCUT2D eigenvalue weighted by Crippen LogP contribution is 2.19. The molecule has 0 atom stereocenters. The number of carboxylic acid groups (broad SMARTS) is 1. The average Bonchev–Trinajstić information content (AvgIpc) is 2.53. The fourth-order valence-corrected chi connectivity index (χ4v) is 2.52. The fourth-order valence-electron chi connectivity index (χ4n) is 1.73. The third kappa shape index (κ3) is 4.65. The predicted octanol–water partition coefficient (Wildman–Crippen LogP) is 0.802. The number of rotatable bonds is 5. The molecule has 0 radical (unpaired) electrons. The Hall–Kier alpha value is -2.67. The first-order chi connectivity index (χ1) is 11.0. The summed E-state index contributed by atoms with van der Waals surface area (Å²) in [5.41, 5.74) is 1.30. The summed E-state index contributed by atoms with van der Waals surface area (Å²) in [6.07, 6.45) is 1.42. The van der Waals surface area contributed by atoms with Crippen LogP contribution in [0.3, 0.4) is 0 Å². The van der Waals surface area contributed by atoms with Crippen molar-refractivity contribution in [2.45, 2.75) is 11.9 Å². The van der Waals surface area contributed by atoms with Crippen LogP contribution in [0, 0.1) is 6.92 Å². The standard InChI is InChI=1S/C16H14N2O4S/c1-10-4-6-11(7-5-10)14(20)18-13(19)9-23-15-12(16(21)22)3-2-8-17-15/h2-8H,9H2,1H3,(H,21,22)(H,18,19,20)/p-1. The molecule has 1 aromatic carbocycles. The molecule has 1 aromatic heterocycles. The Balaban J connectivity index is 1.94. The van der Waals surface area contributed by atoms with Gasteiger partial charge in [-0.1, -0.05) is 29.5 Å². The minimum absolute atomic E-state index is 0.0878. The Bertz CT molecular complexity index is 744. The minimum Gasteiger partial charge on any atom is -0.545 e. The highest BCUT2D eigenvalue weighted by atomic mass is 32.2. The molecular formula is C16H13N2O4S-. The van der Waals surface area contributed by atoms with E-state index in [0.717, 1.165) is 17.3 Å². The van der Waals surface area contributed by atoms with Gasteiger partial charge in [-0.05, 0) is 31.2 Å². The van der Waals surface area contributed by atoms with Gasteiger partial charge >= 0.3 is 0 Å². The maximum Gasteiger partial charge on any atom is 0.257 e. The number of nitrogens with one attached hydrogen (secondary N) is 1. The first-order valence-electron chi connectivity index (χ1n) is 6.67. The van der Waals surface area contributed by atoms with Gasteiger partial charge in [-0.15, -0.1) is 0 Å². The van der Waals surface area contributed by atoms with Crippen molar-refractivity contribution in [3.63, 3.8) is 0 Å². The van der Waals surface area contributed by atoms with E-state index in [-0.39, 0.29) is 16.3 Å². The van der Waals surface area contributed by atoms with Crippen molar-refractivity contribution in [1.82, 2.24) is 10.3 Å². The molecule has 0 aliphatic rings. The van der Waals surface area contributed by atoms with Crippen LogP contribution in [0.2, 0.25) is 0 Å². The van der Waals surface area contributed by atoms with Crippen LogP contribution in [0.15, 0.2) is 47.6 Å². The molecule has 1 N–H and O–H groups in total. The van der Waals surface area contributed by atoms with Crippen LogP contribution in [0.4, 0.5) is 0 Å². The summed E-state index contributed by atoms with van der Waals surface area (Å²) < 4.78 is 0. The number of thioether (sulfide) groups is 1. The number of carboxylic acids is 1. The second-order valence-electron chi connectivity index (χ2n) is 4.68. The third-order valence-corrected chi connectivity index (χ3v) is 3.90. The highest BCUT2D eigenvalue weighted by Gasteiger charge is 2.12. The van der Waals surface area contributed by atoms with Crippen LogP contribution in [0.1, 0.15) is 26.3 Å². The average molecular weight is 329 g/mol. The van der Waals surface area contributed by atoms with Crippen LogP contribution >= 0.6 is 11.8 Å². The number of aryl methyl sites for hydroxylation is 1. The number of imide groups is 1. The lowest BCUT2D eigenvalue weighted by Crippen LogP contribution is -2.32. The Kier molecular flexibility index (Phi) is 5.48. The van der Waals surface area contributed by atoms with Gasteiger partial charge in [-0.2, -0.15) is 0 Å². The molecule has 23 heavy (non-hydrogen) atoms. The Morgan fingerprint density at radius 2 is 1.87 bits per heavy atom. The zero-order chi connectivity index (χ0) is 16.8. The van der Waals surface area contributed by atoms with E-state index >= 15 is 0 Å². The summed E-state index contributed by atoms with van der Waals surface area (Å²) in [5.74, 6) is -2.53. The van der Waals surface area contributed by atoms with Gasteiger partial charge in [0.25, 0.3) is 5.91 Å². The number of nitrogens with zero attached hydrogens (tertiary/aromatic N) is 1. The predicted molar refractivity (Wildman–Crippen MR) is 82.9 cm³/mol. The van der Waals surface area contributed by atoms with Crippen LogP contribution in [-0.4, -0.2) is 28.5 Å². The summed E-state index contributed by atoms with van der Waals surface area (Å²) >= 11 is 0.927. The Labute approximate surface area is 136 Å². The summed E-state index contributed by atoms with van der Waals surface area (Å²) in [4.78, 5) is 38.5. The number of carbonyl (C=O) groups excluding carboxylic acids is 3. The highest BCUT2D eigenvalue weighted by molar-refractivity contribution is 8.00. The van der Waals surface area contributed by atoms with Gasteiger partial charge in [0.15, 0.2) is 0 Å². The molecule has 2 aromatic rings. The molecule has 0 spiro atoms. The molecule has 0 saturated carbocycles. The largest absolute Gasteiger partial charge is 0.545 e. The molecule has 6 nitrogen and oxygen atoms in total. The molecule has 2 rings (SSSR count). The number of aromatic nitrogens is 1. The second kappa shape index (κ2) is 7.55. The van der Waals surface area contributed by atoms with Gasteiger partial charge in [0.1, 0.15) is 5.03 Å². The monoisotopic (exact) mass is 329 g/mol. The SMILES string of the molecule is Cc1ccc(C(=O)NC(=O)CSc2ncccc2C(=O)[O-])cc1. The topological polar surface area (TPSA) is 99.2 Å². The van der Waals surface area contributed by atoms with Gasteiger partial charge in [0.2, 0.25) is 5.91 Å². The maximum absolute atomic E-state index is 11.9. The van der Waals surface area contributed by atoms with Crippen LogP contribution in [0.5, 0.6) is 0 Å². The zero-order valence-electron chi connectivity index (χ0n) is 12.2. The van der Waals surface area contributed by atoms with Gasteiger partial charge in [0.05, 0.1) is 11.7 Å². The van der Waals surface area contributed by atoms with Crippen molar-refractivity contribution < 1.29 is 19.5 Å². The van der Waals surface area contributed by atoms with E-state index in [1.807, 2.05) is 6.92 Å². The van der Waals surface area contributed by atoms with Crippen molar-refractivity contribution in [3.8, 4) is 0 Å². The molecule has 0 bridgehead atoms. The molecule has 0 unspecified atom stereocenters. The number of pyridine rings is 1. The van der Waals surface area contributed by atoms with Crippen molar-refractivity contribution in [1.29, 1.82) is 0 Å². The molecule has 1 heterocycles. The second-order valence-corrected chi connectivity index (χ2v) is 5.64. The van der Waals surface area contributed by atoms with Crippen molar-refractivity contribution in [3.05, 3.63) is 59.3 Å². The van der Waals surface area contributed by atoms with Crippen molar-refractivity contribution in [2.24, 2.45) is 0 Å². The summed E-state index contributed by atoms with van der Waals surface area (Å²) in [6.45, 7) is 1.89. The molecule has 0 saturated heterocycles. The van der Waals surface area contributed by atoms with Crippen LogP contribution < -0.4 is 10.4 Å². The van der Waals surface area contributed by atoms with E-state index in [1.54, 1.807) is 24.3 Å². The van der Waals surface area contributed by atoms with E-state index in [4.69, 9.17) is 0 Å². The fraction of sp³-hybridized carbons (Fsp3) is 0.125. The van der Waals surface area contributed by atoms with E-state index in [9.17, 15) is 19.5 Å². The number of aromatic carboxylic acids is 1. The van der Waals surface area contributed by atoms with Crippen LogP contribution in [-0.2, 0) is 4.79 Å². The summed E-state index contributed by atoms with van der Waals surface area (Å²) in [7, 11) is 0. The quantitative estimate of drug-likeness (QED) is 0.815. The first kappa shape index (κ1) is 16.7. The molecule has 0 fully saturated rings. The number of benzene rings is 1. The van der Waals surface area contributed by atoms with Gasteiger partial charge in [0, 0.05) is 17.3 Å². The van der Waals surface area contributed by atoms with Gasteiger partial charge in [-0.3, -0.25) is 14.9 Å². The van der Waals surface area contributed by atoms with E-state index in [2.05, 4.69) is 10.3 Å². The molecule has 0 aliphatic heterocycles. The summed E-state index contributed by atoms with van der Waals surface area (Å²) in [6, 6.07) is 9.61. The first-order valence-corrected chi connectivity index (χ1v) is 7.66. The lowest BCUT2D eigenvalue weighted by Gasteiger charge is -2.08. The molecular weight excluding hydrogens is 316 g/mol. The normalized spacial score (nSPS) is 10.1. The molecule has 118 valence electrons. The lowest BCUT2D eigenvalue weighted by molar-refractivity contribution is -0.255. The number of amides is 2. The molecule has 0 aliphatic carbocycles. The Morgan fingerprint density at radius 1 is 1.17 bits per heavy atom. The maximum atomic E-state index is 11.9. The minimum atomic E-state index is -1.36. The Morgan fingerprint density at radius 3 is 2.52 bits per heavy atom. The van der Waals surface area contributed by atoms with Gasteiger partial charge < -0.3 is 9.90 Å². The number of carbonyl (C=O) groups is 3. The van der Waals surface area contributed by atoms with Crippen molar-refractivity contribution >= 4 is 29.5 Å². The van der Waals surface area contributed by atoms with Gasteiger partial charge in [-0.25, -0.2) is 4.98 Å². The number of hydrogen-bond donors (Lipinski definition) is 1. The van der Waals surface area contributed by atoms with E-state index < -0.39 is 17.8 Å². The smallest absolute Gasteiger partial charge is 0.257 e. The van der Waals surface area contributed by atoms with E-state index in [1.165, 1.54) is 18.3 Å². The van der Waals surface area contributed by atoms with Crippen LogP contribution in [0.25, 0.3) is 0 Å². The van der Waals surface area contributed by atoms with E-state index in [0.29, 0.717) is 5.56 Å². The molecule has 2 amide bonds. The summed E-state index contributed by atoms with van der Waals surface area (Å²) in [5, 5.41) is 13.4.